The number of carbonyl (C=O) groups is 1. The minimum atomic E-state index is -0.270. The van der Waals surface area contributed by atoms with Crippen molar-refractivity contribution in [2.45, 2.75) is 20.4 Å². The molecule has 0 fully saturated rings. The van der Waals surface area contributed by atoms with Gasteiger partial charge in [0.1, 0.15) is 16.9 Å². The molecule has 0 atom stereocenters. The molecule has 4 aromatic rings. The van der Waals surface area contributed by atoms with Gasteiger partial charge in [-0.25, -0.2) is 4.99 Å². The van der Waals surface area contributed by atoms with Gasteiger partial charge in [0.2, 0.25) is 5.55 Å². The van der Waals surface area contributed by atoms with Crippen LogP contribution >= 0.6 is 0 Å². The van der Waals surface area contributed by atoms with Crippen molar-refractivity contribution < 1.29 is 13.6 Å². The standard InChI is InChI=1S/C23H20N2O3/c1-15-9-10-18(12-16(15)2)25-23-20(13-17-6-3-4-8-21(17)28-23)22(26)24-14-19-7-5-11-27-19/h3-13H,14H2,1-2H3,(H,24,26). The van der Waals surface area contributed by atoms with Crippen LogP contribution in [0, 0.1) is 13.8 Å². The third-order valence-corrected chi connectivity index (χ3v) is 4.62. The van der Waals surface area contributed by atoms with Gasteiger partial charge in [0.25, 0.3) is 5.91 Å². The second-order valence-electron chi connectivity index (χ2n) is 6.65. The fraction of sp³-hybridized carbons (Fsp3) is 0.130. The summed E-state index contributed by atoms with van der Waals surface area (Å²) in [4.78, 5) is 17.5. The summed E-state index contributed by atoms with van der Waals surface area (Å²) in [6.07, 6.45) is 1.58. The van der Waals surface area contributed by atoms with Gasteiger partial charge in [-0.2, -0.15) is 0 Å². The Morgan fingerprint density at radius 2 is 1.86 bits per heavy atom. The lowest BCUT2D eigenvalue weighted by molar-refractivity contribution is 0.0944. The van der Waals surface area contributed by atoms with Crippen LogP contribution in [0.4, 0.5) is 5.69 Å². The monoisotopic (exact) mass is 372 g/mol. The zero-order valence-electron chi connectivity index (χ0n) is 15.7. The number of hydrogen-bond acceptors (Lipinski definition) is 4. The maximum Gasteiger partial charge on any atom is 0.257 e. The van der Waals surface area contributed by atoms with Crippen molar-refractivity contribution in [1.82, 2.24) is 5.32 Å². The number of aryl methyl sites for hydroxylation is 2. The predicted molar refractivity (Wildman–Crippen MR) is 107 cm³/mol. The SMILES string of the molecule is Cc1ccc(N=c2oc3ccccc3cc2C(=O)NCc2ccco2)cc1C. The topological polar surface area (TPSA) is 67.7 Å². The minimum Gasteiger partial charge on any atom is -0.467 e. The van der Waals surface area contributed by atoms with Crippen LogP contribution in [0.5, 0.6) is 0 Å². The Bertz CT molecular complexity index is 1200. The van der Waals surface area contributed by atoms with Gasteiger partial charge in [0, 0.05) is 5.39 Å². The summed E-state index contributed by atoms with van der Waals surface area (Å²) in [6, 6.07) is 18.9. The molecule has 0 saturated heterocycles. The van der Waals surface area contributed by atoms with Crippen molar-refractivity contribution in [1.29, 1.82) is 0 Å². The van der Waals surface area contributed by atoms with Crippen molar-refractivity contribution in [2.75, 3.05) is 0 Å². The molecule has 1 N–H and O–H groups in total. The Labute approximate surface area is 162 Å². The van der Waals surface area contributed by atoms with Crippen molar-refractivity contribution in [3.8, 4) is 0 Å². The highest BCUT2D eigenvalue weighted by Crippen LogP contribution is 2.18. The number of amides is 1. The van der Waals surface area contributed by atoms with E-state index in [0.717, 1.165) is 16.6 Å². The number of rotatable bonds is 4. The van der Waals surface area contributed by atoms with Gasteiger partial charge in [-0.05, 0) is 61.4 Å². The van der Waals surface area contributed by atoms with Crippen LogP contribution < -0.4 is 10.9 Å². The minimum absolute atomic E-state index is 0.270. The molecule has 4 rings (SSSR count). The molecule has 28 heavy (non-hydrogen) atoms. The van der Waals surface area contributed by atoms with Gasteiger partial charge in [0.15, 0.2) is 0 Å². The number of furan rings is 1. The third-order valence-electron chi connectivity index (χ3n) is 4.62. The quantitative estimate of drug-likeness (QED) is 0.559. The Hall–Kier alpha value is -3.60. The molecule has 140 valence electrons. The maximum atomic E-state index is 12.8. The zero-order valence-corrected chi connectivity index (χ0v) is 15.7. The molecule has 0 spiro atoms. The molecule has 0 aliphatic heterocycles. The van der Waals surface area contributed by atoms with Crippen LogP contribution in [0.2, 0.25) is 0 Å². The molecule has 0 saturated carbocycles. The molecule has 2 aromatic carbocycles. The molecular formula is C23H20N2O3. The van der Waals surface area contributed by atoms with Crippen molar-refractivity contribution in [3.05, 3.63) is 94.9 Å². The van der Waals surface area contributed by atoms with E-state index in [2.05, 4.69) is 10.3 Å². The van der Waals surface area contributed by atoms with Crippen molar-refractivity contribution >= 4 is 22.6 Å². The van der Waals surface area contributed by atoms with Crippen LogP contribution in [-0.2, 0) is 6.54 Å². The maximum absolute atomic E-state index is 12.8. The first-order valence-electron chi connectivity index (χ1n) is 9.05. The Morgan fingerprint density at radius 3 is 2.64 bits per heavy atom. The molecule has 0 unspecified atom stereocenters. The largest absolute Gasteiger partial charge is 0.467 e. The summed E-state index contributed by atoms with van der Waals surface area (Å²) in [5, 5.41) is 3.70. The highest BCUT2D eigenvalue weighted by Gasteiger charge is 2.13. The van der Waals surface area contributed by atoms with Crippen molar-refractivity contribution in [2.24, 2.45) is 4.99 Å². The van der Waals surface area contributed by atoms with Crippen LogP contribution in [0.1, 0.15) is 27.2 Å². The Balaban J connectivity index is 1.78. The lowest BCUT2D eigenvalue weighted by Crippen LogP contribution is -2.28. The van der Waals surface area contributed by atoms with Crippen molar-refractivity contribution in [3.63, 3.8) is 0 Å². The second-order valence-corrected chi connectivity index (χ2v) is 6.65. The third kappa shape index (κ3) is 3.74. The van der Waals surface area contributed by atoms with Gasteiger partial charge in [0.05, 0.1) is 18.5 Å². The molecule has 0 aliphatic rings. The van der Waals surface area contributed by atoms with E-state index in [1.165, 1.54) is 5.56 Å². The number of nitrogens with zero attached hydrogens (tertiary/aromatic N) is 1. The summed E-state index contributed by atoms with van der Waals surface area (Å²) < 4.78 is 11.3. The van der Waals surface area contributed by atoms with Crippen LogP contribution in [0.25, 0.3) is 11.0 Å². The highest BCUT2D eigenvalue weighted by molar-refractivity contribution is 5.96. The number of benzene rings is 2. The first-order chi connectivity index (χ1) is 13.6. The molecule has 2 heterocycles. The normalized spacial score (nSPS) is 11.7. The van der Waals surface area contributed by atoms with E-state index >= 15 is 0 Å². The Morgan fingerprint density at radius 1 is 1.00 bits per heavy atom. The molecule has 5 nitrogen and oxygen atoms in total. The van der Waals surface area contributed by atoms with E-state index < -0.39 is 0 Å². The fourth-order valence-corrected chi connectivity index (χ4v) is 2.90. The molecular weight excluding hydrogens is 352 g/mol. The van der Waals surface area contributed by atoms with Gasteiger partial charge >= 0.3 is 0 Å². The zero-order chi connectivity index (χ0) is 19.5. The predicted octanol–water partition coefficient (Wildman–Crippen LogP) is 4.81. The smallest absolute Gasteiger partial charge is 0.257 e. The number of para-hydroxylation sites is 1. The summed E-state index contributed by atoms with van der Waals surface area (Å²) in [5.74, 6) is 0.409. The van der Waals surface area contributed by atoms with E-state index in [0.29, 0.717) is 23.5 Å². The molecule has 2 aromatic heterocycles. The fourth-order valence-electron chi connectivity index (χ4n) is 2.90. The van der Waals surface area contributed by atoms with E-state index in [1.807, 2.05) is 62.4 Å². The summed E-state index contributed by atoms with van der Waals surface area (Å²) in [5.41, 5.74) is 4.38. The molecule has 0 bridgehead atoms. The highest BCUT2D eigenvalue weighted by atomic mass is 16.3. The Kier molecular flexibility index (Phi) is 4.81. The summed E-state index contributed by atoms with van der Waals surface area (Å²) in [6.45, 7) is 4.37. The lowest BCUT2D eigenvalue weighted by atomic mass is 10.1. The van der Waals surface area contributed by atoms with Gasteiger partial charge in [-0.3, -0.25) is 4.79 Å². The van der Waals surface area contributed by atoms with E-state index in [1.54, 1.807) is 18.4 Å². The van der Waals surface area contributed by atoms with E-state index in [4.69, 9.17) is 8.83 Å². The van der Waals surface area contributed by atoms with Crippen LogP contribution in [0.15, 0.2) is 80.8 Å². The lowest BCUT2D eigenvalue weighted by Gasteiger charge is -2.06. The van der Waals surface area contributed by atoms with Crippen LogP contribution in [0.3, 0.4) is 0 Å². The first-order valence-corrected chi connectivity index (χ1v) is 9.05. The summed E-state index contributed by atoms with van der Waals surface area (Å²) in [7, 11) is 0. The molecule has 1 amide bonds. The molecule has 0 radical (unpaired) electrons. The number of nitrogens with one attached hydrogen (secondary N) is 1. The van der Waals surface area contributed by atoms with E-state index in [-0.39, 0.29) is 11.5 Å². The van der Waals surface area contributed by atoms with E-state index in [9.17, 15) is 4.79 Å². The van der Waals surface area contributed by atoms with Gasteiger partial charge < -0.3 is 14.2 Å². The van der Waals surface area contributed by atoms with Gasteiger partial charge in [-0.1, -0.05) is 24.3 Å². The first kappa shape index (κ1) is 17.8. The van der Waals surface area contributed by atoms with Gasteiger partial charge in [-0.15, -0.1) is 0 Å². The summed E-state index contributed by atoms with van der Waals surface area (Å²) >= 11 is 0. The average molecular weight is 372 g/mol. The van der Waals surface area contributed by atoms with Crippen LogP contribution in [-0.4, -0.2) is 5.91 Å². The second kappa shape index (κ2) is 7.56. The molecule has 0 aliphatic carbocycles. The number of fused-ring (bicyclic) bond motifs is 1. The number of carbonyl (C=O) groups excluding carboxylic acids is 1. The molecule has 5 heteroatoms. The number of hydrogen-bond donors (Lipinski definition) is 1. The average Bonchev–Trinajstić information content (AvgIpc) is 3.22.